The average molecular weight is 413 g/mol. The van der Waals surface area contributed by atoms with Gasteiger partial charge >= 0.3 is 6.18 Å². The summed E-state index contributed by atoms with van der Waals surface area (Å²) < 4.78 is 72.6. The molecule has 144 valence electrons. The second-order valence-electron chi connectivity index (χ2n) is 6.01. The van der Waals surface area contributed by atoms with Gasteiger partial charge in [0.05, 0.1) is 15.6 Å². The van der Waals surface area contributed by atoms with Crippen LogP contribution < -0.4 is 4.90 Å². The molecule has 7 nitrogen and oxygen atoms in total. The normalized spacial score (nSPS) is 12.7. The Bertz CT molecular complexity index is 940. The smallest absolute Gasteiger partial charge is 0.347 e. The van der Waals surface area contributed by atoms with E-state index < -0.39 is 27.0 Å². The minimum absolute atomic E-state index is 0.0391. The number of aromatic nitrogens is 3. The van der Waals surface area contributed by atoms with Gasteiger partial charge in [-0.2, -0.15) is 31.3 Å². The lowest BCUT2D eigenvalue weighted by atomic mass is 10.0. The number of nitrogens with zero attached hydrogens (tertiary/aromatic N) is 4. The SMILES string of the molecule is CC(C)c1cc(Cl)c(-n2nc(C(F)(F)F)nc2N(C)C)cc1S(=O)(=O)O. The minimum atomic E-state index is -4.80. The predicted molar refractivity (Wildman–Crippen MR) is 89.6 cm³/mol. The van der Waals surface area contributed by atoms with Crippen molar-refractivity contribution in [1.29, 1.82) is 0 Å². The molecule has 2 aromatic rings. The van der Waals surface area contributed by atoms with Crippen LogP contribution in [0.2, 0.25) is 5.02 Å². The molecule has 0 radical (unpaired) electrons. The van der Waals surface area contributed by atoms with Crippen LogP contribution in [-0.2, 0) is 16.3 Å². The number of alkyl halides is 3. The average Bonchev–Trinajstić information content (AvgIpc) is 2.90. The maximum Gasteiger partial charge on any atom is 0.453 e. The van der Waals surface area contributed by atoms with Crippen molar-refractivity contribution < 1.29 is 26.1 Å². The second kappa shape index (κ2) is 6.71. The van der Waals surface area contributed by atoms with Crippen molar-refractivity contribution in [3.63, 3.8) is 0 Å². The molecule has 1 heterocycles. The van der Waals surface area contributed by atoms with Crippen molar-refractivity contribution in [2.75, 3.05) is 19.0 Å². The van der Waals surface area contributed by atoms with Gasteiger partial charge in [0.2, 0.25) is 5.95 Å². The zero-order valence-corrected chi connectivity index (χ0v) is 15.8. The molecular formula is C14H16ClF3N4O3S. The Hall–Kier alpha value is -1.85. The molecule has 0 aliphatic carbocycles. The summed E-state index contributed by atoms with van der Waals surface area (Å²) in [5, 5.41) is 3.37. The summed E-state index contributed by atoms with van der Waals surface area (Å²) in [5.41, 5.74) is 0.0687. The first-order valence-electron chi connectivity index (χ1n) is 7.26. The standard InChI is InChI=1S/C14H16ClF3N4O3S/c1-7(2)8-5-9(15)10(6-11(8)26(23,24)25)22-13(21(3)4)19-12(20-22)14(16,17)18/h5-7H,1-4H3,(H,23,24,25). The molecule has 0 saturated heterocycles. The molecule has 0 aliphatic heterocycles. The molecule has 26 heavy (non-hydrogen) atoms. The Morgan fingerprint density at radius 1 is 1.27 bits per heavy atom. The lowest BCUT2D eigenvalue weighted by molar-refractivity contribution is -0.144. The maximum absolute atomic E-state index is 13.0. The number of halogens is 4. The lowest BCUT2D eigenvalue weighted by Crippen LogP contribution is -2.16. The van der Waals surface area contributed by atoms with E-state index in [1.165, 1.54) is 25.1 Å². The van der Waals surface area contributed by atoms with Crippen LogP contribution in [0.4, 0.5) is 19.1 Å². The summed E-state index contributed by atoms with van der Waals surface area (Å²) in [7, 11) is -1.75. The van der Waals surface area contributed by atoms with E-state index in [-0.39, 0.29) is 28.1 Å². The molecule has 1 N–H and O–H groups in total. The monoisotopic (exact) mass is 412 g/mol. The number of hydrogen-bond acceptors (Lipinski definition) is 5. The van der Waals surface area contributed by atoms with Crippen LogP contribution in [0.15, 0.2) is 17.0 Å². The van der Waals surface area contributed by atoms with Gasteiger partial charge in [-0.25, -0.2) is 0 Å². The molecule has 0 fully saturated rings. The van der Waals surface area contributed by atoms with Crippen LogP contribution in [0.1, 0.15) is 31.2 Å². The fourth-order valence-electron chi connectivity index (χ4n) is 2.27. The Balaban J connectivity index is 2.83. The second-order valence-corrected chi connectivity index (χ2v) is 7.81. The molecule has 0 amide bonds. The van der Waals surface area contributed by atoms with E-state index in [2.05, 4.69) is 10.1 Å². The van der Waals surface area contributed by atoms with Gasteiger partial charge in [0, 0.05) is 14.1 Å². The molecule has 0 spiro atoms. The third-order valence-corrected chi connectivity index (χ3v) is 4.66. The van der Waals surface area contributed by atoms with Crippen molar-refractivity contribution in [3.8, 4) is 5.69 Å². The highest BCUT2D eigenvalue weighted by atomic mass is 35.5. The molecular weight excluding hydrogens is 397 g/mol. The summed E-state index contributed by atoms with van der Waals surface area (Å²) in [6.07, 6.45) is -4.80. The Kier molecular flexibility index (Phi) is 5.28. The van der Waals surface area contributed by atoms with E-state index in [4.69, 9.17) is 11.6 Å². The van der Waals surface area contributed by atoms with E-state index in [1.807, 2.05) is 0 Å². The van der Waals surface area contributed by atoms with Crippen molar-refractivity contribution in [3.05, 3.63) is 28.5 Å². The van der Waals surface area contributed by atoms with E-state index >= 15 is 0 Å². The Morgan fingerprint density at radius 2 is 1.85 bits per heavy atom. The number of rotatable bonds is 4. The minimum Gasteiger partial charge on any atom is -0.347 e. The summed E-state index contributed by atoms with van der Waals surface area (Å²) in [6.45, 7) is 3.37. The van der Waals surface area contributed by atoms with Crippen LogP contribution in [0.25, 0.3) is 5.69 Å². The highest BCUT2D eigenvalue weighted by Gasteiger charge is 2.38. The van der Waals surface area contributed by atoms with Gasteiger partial charge in [0.25, 0.3) is 15.9 Å². The summed E-state index contributed by atoms with van der Waals surface area (Å²) in [5.74, 6) is -1.93. The summed E-state index contributed by atoms with van der Waals surface area (Å²) in [6, 6.07) is 2.26. The quantitative estimate of drug-likeness (QED) is 0.774. The van der Waals surface area contributed by atoms with Crippen LogP contribution in [0.3, 0.4) is 0 Å². The third kappa shape index (κ3) is 3.94. The topological polar surface area (TPSA) is 88.3 Å². The third-order valence-electron chi connectivity index (χ3n) is 3.45. The molecule has 0 unspecified atom stereocenters. The summed E-state index contributed by atoms with van der Waals surface area (Å²) >= 11 is 6.17. The van der Waals surface area contributed by atoms with E-state index in [1.54, 1.807) is 13.8 Å². The highest BCUT2D eigenvalue weighted by Crippen LogP contribution is 2.35. The molecule has 2 rings (SSSR count). The van der Waals surface area contributed by atoms with E-state index in [9.17, 15) is 26.1 Å². The van der Waals surface area contributed by atoms with E-state index in [0.29, 0.717) is 0 Å². The zero-order valence-electron chi connectivity index (χ0n) is 14.2. The lowest BCUT2D eigenvalue weighted by Gasteiger charge is -2.17. The van der Waals surface area contributed by atoms with Crippen molar-refractivity contribution in [2.24, 2.45) is 0 Å². The Labute approximate surface area is 153 Å². The molecule has 0 bridgehead atoms. The van der Waals surface area contributed by atoms with Crippen molar-refractivity contribution in [2.45, 2.75) is 30.8 Å². The van der Waals surface area contributed by atoms with Crippen LogP contribution in [0.5, 0.6) is 0 Å². The van der Waals surface area contributed by atoms with Gasteiger partial charge < -0.3 is 4.90 Å². The molecule has 0 saturated carbocycles. The van der Waals surface area contributed by atoms with Crippen molar-refractivity contribution in [1.82, 2.24) is 14.8 Å². The number of benzene rings is 1. The van der Waals surface area contributed by atoms with Crippen LogP contribution in [0, 0.1) is 0 Å². The van der Waals surface area contributed by atoms with Gasteiger partial charge in [-0.15, -0.1) is 5.10 Å². The maximum atomic E-state index is 13.0. The Morgan fingerprint density at radius 3 is 2.27 bits per heavy atom. The number of anilines is 1. The fourth-order valence-corrected chi connectivity index (χ4v) is 3.38. The van der Waals surface area contributed by atoms with Crippen LogP contribution in [-0.4, -0.2) is 41.8 Å². The van der Waals surface area contributed by atoms with E-state index in [0.717, 1.165) is 10.7 Å². The molecule has 1 aromatic heterocycles. The molecule has 0 atom stereocenters. The predicted octanol–water partition coefficient (Wildman–Crippen LogP) is 3.38. The molecule has 12 heteroatoms. The number of hydrogen-bond donors (Lipinski definition) is 1. The summed E-state index contributed by atoms with van der Waals surface area (Å²) in [4.78, 5) is 4.24. The van der Waals surface area contributed by atoms with Crippen molar-refractivity contribution >= 4 is 27.7 Å². The first-order valence-corrected chi connectivity index (χ1v) is 9.08. The highest BCUT2D eigenvalue weighted by molar-refractivity contribution is 7.85. The molecule has 0 aliphatic rings. The van der Waals surface area contributed by atoms with Crippen LogP contribution >= 0.6 is 11.6 Å². The van der Waals surface area contributed by atoms with Gasteiger partial charge in [-0.3, -0.25) is 4.55 Å². The fraction of sp³-hybridized carbons (Fsp3) is 0.429. The van der Waals surface area contributed by atoms with Gasteiger partial charge in [-0.05, 0) is 23.6 Å². The largest absolute Gasteiger partial charge is 0.453 e. The van der Waals surface area contributed by atoms with Gasteiger partial charge in [0.1, 0.15) is 0 Å². The zero-order chi connectivity index (χ0) is 20.0. The van der Waals surface area contributed by atoms with Gasteiger partial charge in [-0.1, -0.05) is 25.4 Å². The first-order chi connectivity index (χ1) is 11.7. The van der Waals surface area contributed by atoms with Gasteiger partial charge in [0.15, 0.2) is 0 Å². The molecule has 1 aromatic carbocycles. The first kappa shape index (κ1) is 20.5.